The van der Waals surface area contributed by atoms with E-state index in [4.69, 9.17) is 0 Å². The van der Waals surface area contributed by atoms with Gasteiger partial charge >= 0.3 is 5.69 Å². The van der Waals surface area contributed by atoms with Crippen LogP contribution in [0.5, 0.6) is 0 Å². The number of benzene rings is 1. The fraction of sp³-hybridized carbons (Fsp3) is 0.696. The third-order valence-corrected chi connectivity index (χ3v) is 8.36. The highest BCUT2D eigenvalue weighted by Gasteiger charge is 2.53. The van der Waals surface area contributed by atoms with Crippen LogP contribution < -0.4 is 5.69 Å². The lowest BCUT2D eigenvalue weighted by molar-refractivity contribution is -0.108. The van der Waals surface area contributed by atoms with Crippen molar-refractivity contribution in [2.24, 2.45) is 23.2 Å². The molecule has 1 N–H and O–H groups in total. The fourth-order valence-corrected chi connectivity index (χ4v) is 6.49. The predicted molar refractivity (Wildman–Crippen MR) is 110 cm³/mol. The van der Waals surface area contributed by atoms with Gasteiger partial charge < -0.3 is 9.88 Å². The summed E-state index contributed by atoms with van der Waals surface area (Å²) in [6.45, 7) is 8.50. The minimum Gasteiger partial charge on any atom is -0.306 e. The van der Waals surface area contributed by atoms with Gasteiger partial charge in [0.1, 0.15) is 0 Å². The zero-order chi connectivity index (χ0) is 18.6. The third-order valence-electron chi connectivity index (χ3n) is 8.36. The molecule has 4 fully saturated rings. The number of para-hydroxylation sites is 2. The summed E-state index contributed by atoms with van der Waals surface area (Å²) in [5.74, 6) is 2.92. The summed E-state index contributed by atoms with van der Waals surface area (Å²) in [7, 11) is 0. The van der Waals surface area contributed by atoms with Crippen LogP contribution in [0, 0.1) is 23.2 Å². The minimum absolute atomic E-state index is 0.0543. The zero-order valence-corrected chi connectivity index (χ0v) is 16.8. The molecule has 1 aromatic carbocycles. The summed E-state index contributed by atoms with van der Waals surface area (Å²) in [5, 5.41) is 0. The molecule has 2 aromatic rings. The van der Waals surface area contributed by atoms with Gasteiger partial charge in [-0.1, -0.05) is 26.0 Å². The van der Waals surface area contributed by atoms with Crippen molar-refractivity contribution >= 4 is 11.0 Å². The highest BCUT2D eigenvalue weighted by molar-refractivity contribution is 5.75. The SMILES string of the molecule is CC1(C)[C@H]2CC[C@H](CCN3CCC(n4c(=O)[nH]c5ccccc54)CC3)[C@@H]1C2. The second kappa shape index (κ2) is 6.51. The summed E-state index contributed by atoms with van der Waals surface area (Å²) in [5.41, 5.74) is 2.68. The first-order valence-electron chi connectivity index (χ1n) is 11.0. The molecule has 2 bridgehead atoms. The van der Waals surface area contributed by atoms with E-state index in [2.05, 4.69) is 29.8 Å². The number of aromatic amines is 1. The number of H-pyrrole nitrogens is 1. The van der Waals surface area contributed by atoms with E-state index in [1.165, 1.54) is 32.2 Å². The average molecular weight is 368 g/mol. The molecule has 1 aromatic heterocycles. The van der Waals surface area contributed by atoms with Gasteiger partial charge in [-0.05, 0) is 80.4 Å². The highest BCUT2D eigenvalue weighted by atomic mass is 16.1. The van der Waals surface area contributed by atoms with Gasteiger partial charge in [0.05, 0.1) is 11.0 Å². The second-order valence-electron chi connectivity index (χ2n) is 9.88. The van der Waals surface area contributed by atoms with Crippen molar-refractivity contribution in [2.75, 3.05) is 19.6 Å². The Labute approximate surface area is 161 Å². The Morgan fingerprint density at radius 1 is 1.11 bits per heavy atom. The van der Waals surface area contributed by atoms with Crippen LogP contribution in [0.4, 0.5) is 0 Å². The molecule has 0 amide bonds. The van der Waals surface area contributed by atoms with Gasteiger partial charge in [-0.3, -0.25) is 4.57 Å². The van der Waals surface area contributed by atoms with Gasteiger partial charge in [0.25, 0.3) is 0 Å². The number of hydrogen-bond donors (Lipinski definition) is 1. The number of likely N-dealkylation sites (tertiary alicyclic amines) is 1. The molecular weight excluding hydrogens is 334 g/mol. The molecule has 3 saturated carbocycles. The Hall–Kier alpha value is -1.55. The first-order valence-corrected chi connectivity index (χ1v) is 11.0. The molecule has 6 rings (SSSR count). The molecular formula is C23H33N3O. The standard InChI is InChI=1S/C23H33N3O/c1-23(2)17-8-7-16(19(23)15-17)9-12-25-13-10-18(11-14-25)26-21-6-4-3-5-20(21)24-22(26)27/h3-6,16-19H,7-15H2,1-2H3,(H,24,27)/t16-,17+,19+/m1/s1. The molecule has 3 atom stereocenters. The van der Waals surface area contributed by atoms with Crippen molar-refractivity contribution < 1.29 is 0 Å². The van der Waals surface area contributed by atoms with E-state index >= 15 is 0 Å². The Morgan fingerprint density at radius 3 is 2.63 bits per heavy atom. The maximum Gasteiger partial charge on any atom is 0.326 e. The van der Waals surface area contributed by atoms with Crippen molar-refractivity contribution in [3.8, 4) is 0 Å². The lowest BCUT2D eigenvalue weighted by atomic mass is 9.45. The van der Waals surface area contributed by atoms with E-state index in [0.29, 0.717) is 11.5 Å². The molecule has 0 radical (unpaired) electrons. The van der Waals surface area contributed by atoms with Crippen molar-refractivity contribution in [3.63, 3.8) is 0 Å². The van der Waals surface area contributed by atoms with Crippen LogP contribution in [0.1, 0.15) is 58.4 Å². The first-order chi connectivity index (χ1) is 13.0. The van der Waals surface area contributed by atoms with Crippen LogP contribution in [-0.4, -0.2) is 34.1 Å². The lowest BCUT2D eigenvalue weighted by Crippen LogP contribution is -2.52. The summed E-state index contributed by atoms with van der Waals surface area (Å²) in [6, 6.07) is 8.42. The molecule has 3 aliphatic carbocycles. The van der Waals surface area contributed by atoms with Crippen LogP contribution >= 0.6 is 0 Å². The van der Waals surface area contributed by atoms with Crippen molar-refractivity contribution in [1.82, 2.24) is 14.5 Å². The zero-order valence-electron chi connectivity index (χ0n) is 16.8. The van der Waals surface area contributed by atoms with Gasteiger partial charge in [-0.2, -0.15) is 0 Å². The monoisotopic (exact) mass is 367 g/mol. The van der Waals surface area contributed by atoms with Gasteiger partial charge in [-0.15, -0.1) is 0 Å². The number of nitrogens with one attached hydrogen (secondary N) is 1. The number of aromatic nitrogens is 2. The van der Waals surface area contributed by atoms with E-state index in [9.17, 15) is 4.79 Å². The number of piperidine rings is 1. The lowest BCUT2D eigenvalue weighted by Gasteiger charge is -2.60. The smallest absolute Gasteiger partial charge is 0.306 e. The van der Waals surface area contributed by atoms with Crippen LogP contribution in [0.15, 0.2) is 29.1 Å². The number of fused-ring (bicyclic) bond motifs is 3. The highest BCUT2D eigenvalue weighted by Crippen LogP contribution is 2.62. The van der Waals surface area contributed by atoms with E-state index in [0.717, 1.165) is 54.7 Å². The van der Waals surface area contributed by atoms with E-state index in [1.807, 2.05) is 22.8 Å². The molecule has 2 heterocycles. The number of hydrogen-bond acceptors (Lipinski definition) is 2. The molecule has 1 saturated heterocycles. The second-order valence-corrected chi connectivity index (χ2v) is 9.88. The van der Waals surface area contributed by atoms with Crippen molar-refractivity contribution in [2.45, 2.75) is 58.4 Å². The third kappa shape index (κ3) is 2.88. The summed E-state index contributed by atoms with van der Waals surface area (Å²) in [6.07, 6.45) is 7.95. The number of imidazole rings is 1. The van der Waals surface area contributed by atoms with Crippen molar-refractivity contribution in [3.05, 3.63) is 34.7 Å². The Morgan fingerprint density at radius 2 is 1.89 bits per heavy atom. The van der Waals surface area contributed by atoms with E-state index in [1.54, 1.807) is 0 Å². The van der Waals surface area contributed by atoms with Crippen LogP contribution in [0.25, 0.3) is 11.0 Å². The quantitative estimate of drug-likeness (QED) is 0.868. The fourth-order valence-electron chi connectivity index (χ4n) is 6.49. The summed E-state index contributed by atoms with van der Waals surface area (Å²) in [4.78, 5) is 18.1. The Kier molecular flexibility index (Phi) is 4.23. The van der Waals surface area contributed by atoms with Gasteiger partial charge in [0.15, 0.2) is 0 Å². The molecule has 27 heavy (non-hydrogen) atoms. The Bertz CT molecular complexity index is 869. The van der Waals surface area contributed by atoms with E-state index < -0.39 is 0 Å². The average Bonchev–Trinajstić information content (AvgIpc) is 3.02. The molecule has 4 aliphatic rings. The molecule has 1 aliphatic heterocycles. The van der Waals surface area contributed by atoms with Crippen molar-refractivity contribution in [1.29, 1.82) is 0 Å². The molecule has 4 heteroatoms. The first kappa shape index (κ1) is 17.5. The molecule has 0 spiro atoms. The van der Waals surface area contributed by atoms with Crippen LogP contribution in [0.3, 0.4) is 0 Å². The molecule has 0 unspecified atom stereocenters. The topological polar surface area (TPSA) is 41.0 Å². The van der Waals surface area contributed by atoms with Gasteiger partial charge in [-0.25, -0.2) is 4.79 Å². The molecule has 146 valence electrons. The van der Waals surface area contributed by atoms with E-state index in [-0.39, 0.29) is 5.69 Å². The summed E-state index contributed by atoms with van der Waals surface area (Å²) >= 11 is 0. The van der Waals surface area contributed by atoms with Gasteiger partial charge in [0, 0.05) is 19.1 Å². The Balaban J connectivity index is 1.19. The number of rotatable bonds is 4. The maximum absolute atomic E-state index is 12.4. The van der Waals surface area contributed by atoms with Crippen LogP contribution in [-0.2, 0) is 0 Å². The predicted octanol–water partition coefficient (Wildman–Crippen LogP) is 4.43. The number of nitrogens with zero attached hydrogens (tertiary/aromatic N) is 2. The van der Waals surface area contributed by atoms with Crippen LogP contribution in [0.2, 0.25) is 0 Å². The normalized spacial score (nSPS) is 31.1. The summed E-state index contributed by atoms with van der Waals surface area (Å²) < 4.78 is 2.00. The molecule has 4 nitrogen and oxygen atoms in total. The minimum atomic E-state index is 0.0543. The van der Waals surface area contributed by atoms with Gasteiger partial charge in [0.2, 0.25) is 0 Å². The maximum atomic E-state index is 12.4. The largest absolute Gasteiger partial charge is 0.326 e.